The number of oxazole rings is 1. The van der Waals surface area contributed by atoms with Crippen LogP contribution in [-0.2, 0) is 4.79 Å². The number of allylic oxidation sites excluding steroid dienone is 1. The standard InChI is InChI=1S/C20H28N4O4/c1-14(2)5-8-23-18(26)20(24(19(23)27)12-15(3)4)6-9-22(10-7-20)17(25)16-11-21-13-28-16/h5,11,13,15H,6-10,12H2,1-4H3. The molecule has 2 aliphatic heterocycles. The van der Waals surface area contributed by atoms with Gasteiger partial charge in [0.25, 0.3) is 11.8 Å². The predicted molar refractivity (Wildman–Crippen MR) is 102 cm³/mol. The molecule has 8 heteroatoms. The van der Waals surface area contributed by atoms with Crippen LogP contribution >= 0.6 is 0 Å². The lowest BCUT2D eigenvalue weighted by atomic mass is 9.85. The number of urea groups is 1. The molecule has 8 nitrogen and oxygen atoms in total. The summed E-state index contributed by atoms with van der Waals surface area (Å²) in [4.78, 5) is 47.4. The summed E-state index contributed by atoms with van der Waals surface area (Å²) in [6.07, 6.45) is 5.36. The lowest BCUT2D eigenvalue weighted by Crippen LogP contribution is -2.58. The van der Waals surface area contributed by atoms with Crippen molar-refractivity contribution in [2.75, 3.05) is 26.2 Å². The molecule has 1 aromatic rings. The number of likely N-dealkylation sites (tertiary alicyclic amines) is 1. The van der Waals surface area contributed by atoms with Gasteiger partial charge in [-0.15, -0.1) is 0 Å². The van der Waals surface area contributed by atoms with Crippen LogP contribution < -0.4 is 0 Å². The second-order valence-corrected chi connectivity index (χ2v) is 8.17. The van der Waals surface area contributed by atoms with Crippen LogP contribution in [0, 0.1) is 5.92 Å². The van der Waals surface area contributed by atoms with E-state index >= 15 is 0 Å². The quantitative estimate of drug-likeness (QED) is 0.571. The fourth-order valence-electron chi connectivity index (χ4n) is 3.88. The van der Waals surface area contributed by atoms with E-state index in [9.17, 15) is 14.4 Å². The Morgan fingerprint density at radius 3 is 2.50 bits per heavy atom. The van der Waals surface area contributed by atoms with Crippen LogP contribution in [0.2, 0.25) is 0 Å². The number of amides is 4. The van der Waals surface area contributed by atoms with E-state index in [0.29, 0.717) is 32.5 Å². The van der Waals surface area contributed by atoms with E-state index < -0.39 is 5.54 Å². The molecule has 3 rings (SSSR count). The Labute approximate surface area is 165 Å². The largest absolute Gasteiger partial charge is 0.438 e. The molecular weight excluding hydrogens is 360 g/mol. The van der Waals surface area contributed by atoms with Crippen molar-refractivity contribution in [1.82, 2.24) is 19.7 Å². The molecule has 0 radical (unpaired) electrons. The van der Waals surface area contributed by atoms with E-state index in [0.717, 1.165) is 5.57 Å². The third-order valence-corrected chi connectivity index (χ3v) is 5.37. The zero-order valence-electron chi connectivity index (χ0n) is 17.0. The smallest absolute Gasteiger partial charge is 0.327 e. The van der Waals surface area contributed by atoms with Crippen molar-refractivity contribution in [1.29, 1.82) is 0 Å². The molecule has 152 valence electrons. The second-order valence-electron chi connectivity index (χ2n) is 8.17. The molecule has 1 spiro atoms. The normalized spacial score (nSPS) is 19.1. The molecule has 4 amide bonds. The van der Waals surface area contributed by atoms with E-state index in [4.69, 9.17) is 4.42 Å². The lowest BCUT2D eigenvalue weighted by Gasteiger charge is -2.42. The minimum absolute atomic E-state index is 0.151. The number of nitrogens with zero attached hydrogens (tertiary/aromatic N) is 4. The molecule has 1 aromatic heterocycles. The summed E-state index contributed by atoms with van der Waals surface area (Å²) in [5.41, 5.74) is 0.194. The first kappa shape index (κ1) is 20.1. The number of carbonyl (C=O) groups is 3. The number of hydrogen-bond acceptors (Lipinski definition) is 5. The van der Waals surface area contributed by atoms with Crippen molar-refractivity contribution in [2.24, 2.45) is 5.92 Å². The number of piperidine rings is 1. The van der Waals surface area contributed by atoms with Crippen molar-refractivity contribution in [3.63, 3.8) is 0 Å². The van der Waals surface area contributed by atoms with Gasteiger partial charge in [0.15, 0.2) is 6.39 Å². The molecule has 0 unspecified atom stereocenters. The van der Waals surface area contributed by atoms with Crippen LogP contribution in [0.25, 0.3) is 0 Å². The summed E-state index contributed by atoms with van der Waals surface area (Å²) in [6, 6.07) is -0.230. The van der Waals surface area contributed by atoms with Crippen molar-refractivity contribution in [3.05, 3.63) is 30.0 Å². The molecule has 3 heterocycles. The Bertz CT molecular complexity index is 772. The summed E-state index contributed by atoms with van der Waals surface area (Å²) in [5, 5.41) is 0. The third-order valence-electron chi connectivity index (χ3n) is 5.37. The summed E-state index contributed by atoms with van der Waals surface area (Å²) in [5.74, 6) is 0.0447. The minimum atomic E-state index is -0.866. The van der Waals surface area contributed by atoms with Crippen molar-refractivity contribution in [2.45, 2.75) is 46.1 Å². The van der Waals surface area contributed by atoms with Crippen LogP contribution in [0.3, 0.4) is 0 Å². The van der Waals surface area contributed by atoms with Gasteiger partial charge in [0.05, 0.1) is 6.20 Å². The first-order valence-electron chi connectivity index (χ1n) is 9.71. The Morgan fingerprint density at radius 1 is 1.29 bits per heavy atom. The molecule has 2 fully saturated rings. The summed E-state index contributed by atoms with van der Waals surface area (Å²) in [6.45, 7) is 9.55. The van der Waals surface area contributed by atoms with Gasteiger partial charge in [-0.05, 0) is 32.6 Å². The predicted octanol–water partition coefficient (Wildman–Crippen LogP) is 2.54. The molecule has 0 aliphatic carbocycles. The highest BCUT2D eigenvalue weighted by Gasteiger charge is 2.58. The Hall–Kier alpha value is -2.64. The summed E-state index contributed by atoms with van der Waals surface area (Å²) < 4.78 is 5.10. The molecule has 0 bridgehead atoms. The maximum atomic E-state index is 13.3. The van der Waals surface area contributed by atoms with Crippen molar-refractivity contribution in [3.8, 4) is 0 Å². The SMILES string of the molecule is CC(C)=CCN1C(=O)N(CC(C)C)C2(CCN(C(=O)c3cnco3)CC2)C1=O. The monoisotopic (exact) mass is 388 g/mol. The molecule has 0 atom stereocenters. The maximum absolute atomic E-state index is 13.3. The zero-order chi connectivity index (χ0) is 20.5. The summed E-state index contributed by atoms with van der Waals surface area (Å²) >= 11 is 0. The number of hydrogen-bond donors (Lipinski definition) is 0. The van der Waals surface area contributed by atoms with Crippen LogP contribution in [-0.4, -0.2) is 69.2 Å². The van der Waals surface area contributed by atoms with Crippen LogP contribution in [0.4, 0.5) is 4.79 Å². The lowest BCUT2D eigenvalue weighted by molar-refractivity contribution is -0.135. The molecule has 2 aliphatic rings. The third kappa shape index (κ3) is 3.55. The maximum Gasteiger partial charge on any atom is 0.327 e. The first-order chi connectivity index (χ1) is 13.3. The highest BCUT2D eigenvalue weighted by molar-refractivity contribution is 6.07. The summed E-state index contributed by atoms with van der Waals surface area (Å²) in [7, 11) is 0. The number of aromatic nitrogens is 1. The van der Waals surface area contributed by atoms with E-state index in [1.807, 2.05) is 33.8 Å². The molecule has 28 heavy (non-hydrogen) atoms. The van der Waals surface area contributed by atoms with E-state index in [1.165, 1.54) is 17.5 Å². The molecule has 0 N–H and O–H groups in total. The van der Waals surface area contributed by atoms with Crippen LogP contribution in [0.5, 0.6) is 0 Å². The average Bonchev–Trinajstić information content (AvgIpc) is 3.24. The highest BCUT2D eigenvalue weighted by Crippen LogP contribution is 2.38. The highest BCUT2D eigenvalue weighted by atomic mass is 16.3. The Balaban J connectivity index is 1.81. The van der Waals surface area contributed by atoms with Gasteiger partial charge in [0.1, 0.15) is 5.54 Å². The van der Waals surface area contributed by atoms with Gasteiger partial charge in [0, 0.05) is 26.2 Å². The van der Waals surface area contributed by atoms with Crippen molar-refractivity contribution >= 4 is 17.8 Å². The first-order valence-corrected chi connectivity index (χ1v) is 9.71. The fourth-order valence-corrected chi connectivity index (χ4v) is 3.88. The van der Waals surface area contributed by atoms with Gasteiger partial charge < -0.3 is 14.2 Å². The van der Waals surface area contributed by atoms with Gasteiger partial charge >= 0.3 is 6.03 Å². The molecule has 0 aromatic carbocycles. The van der Waals surface area contributed by atoms with Gasteiger partial charge in [-0.3, -0.25) is 14.5 Å². The molecular formula is C20H28N4O4. The van der Waals surface area contributed by atoms with Gasteiger partial charge in [-0.25, -0.2) is 9.78 Å². The van der Waals surface area contributed by atoms with Gasteiger partial charge in [-0.2, -0.15) is 0 Å². The Kier molecular flexibility index (Phi) is 5.58. The second kappa shape index (κ2) is 7.77. The zero-order valence-corrected chi connectivity index (χ0v) is 17.0. The minimum Gasteiger partial charge on any atom is -0.438 e. The Morgan fingerprint density at radius 2 is 1.96 bits per heavy atom. The fraction of sp³-hybridized carbons (Fsp3) is 0.600. The van der Waals surface area contributed by atoms with Crippen molar-refractivity contribution < 1.29 is 18.8 Å². The number of rotatable bonds is 5. The van der Waals surface area contributed by atoms with Gasteiger partial charge in [0.2, 0.25) is 5.76 Å². The van der Waals surface area contributed by atoms with E-state index in [-0.39, 0.29) is 36.1 Å². The van der Waals surface area contributed by atoms with Gasteiger partial charge in [-0.1, -0.05) is 25.5 Å². The van der Waals surface area contributed by atoms with E-state index in [2.05, 4.69) is 4.98 Å². The molecule has 0 saturated carbocycles. The van der Waals surface area contributed by atoms with Crippen LogP contribution in [0.15, 0.2) is 28.7 Å². The van der Waals surface area contributed by atoms with Crippen LogP contribution in [0.1, 0.15) is 51.1 Å². The average molecular weight is 388 g/mol. The topological polar surface area (TPSA) is 87.0 Å². The molecule has 2 saturated heterocycles. The van der Waals surface area contributed by atoms with E-state index in [1.54, 1.807) is 9.80 Å². The number of imide groups is 1. The number of carbonyl (C=O) groups excluding carboxylic acids is 3.